The van der Waals surface area contributed by atoms with E-state index in [9.17, 15) is 18.8 Å². The number of carbonyl (C=O) groups excluding carboxylic acids is 1. The Kier molecular flexibility index (Phi) is 6.13. The minimum atomic E-state index is -0.700. The van der Waals surface area contributed by atoms with Gasteiger partial charge in [-0.3, -0.25) is 18.7 Å². The van der Waals surface area contributed by atoms with Crippen molar-refractivity contribution < 1.29 is 9.18 Å². The van der Waals surface area contributed by atoms with Crippen LogP contribution >= 0.6 is 11.6 Å². The highest BCUT2D eigenvalue weighted by Gasteiger charge is 2.17. The van der Waals surface area contributed by atoms with Crippen LogP contribution in [0.25, 0.3) is 11.0 Å². The van der Waals surface area contributed by atoms with Gasteiger partial charge in [-0.25, -0.2) is 14.2 Å². The maximum atomic E-state index is 14.0. The summed E-state index contributed by atoms with van der Waals surface area (Å²) in [6.07, 6.45) is 1.90. The molecule has 0 radical (unpaired) electrons. The first kappa shape index (κ1) is 21.5. The molecule has 0 atom stereocenters. The Labute approximate surface area is 186 Å². The van der Waals surface area contributed by atoms with Crippen molar-refractivity contribution in [3.05, 3.63) is 104 Å². The number of carbonyl (C=O) groups is 1. The number of aromatic nitrogens is 3. The zero-order valence-electron chi connectivity index (χ0n) is 16.8. The van der Waals surface area contributed by atoms with Crippen LogP contribution in [0.4, 0.5) is 10.1 Å². The van der Waals surface area contributed by atoms with Crippen molar-refractivity contribution in [2.45, 2.75) is 19.5 Å². The second-order valence-corrected chi connectivity index (χ2v) is 7.54. The number of hydrogen-bond acceptors (Lipinski definition) is 4. The van der Waals surface area contributed by atoms with E-state index >= 15 is 0 Å². The van der Waals surface area contributed by atoms with Gasteiger partial charge in [-0.15, -0.1) is 0 Å². The molecule has 162 valence electrons. The zero-order chi connectivity index (χ0) is 22.7. The van der Waals surface area contributed by atoms with E-state index in [1.54, 1.807) is 12.1 Å². The Morgan fingerprint density at radius 2 is 1.81 bits per heavy atom. The molecule has 2 aromatic carbocycles. The Bertz CT molecular complexity index is 1420. The minimum Gasteiger partial charge on any atom is -0.322 e. The van der Waals surface area contributed by atoms with Gasteiger partial charge in [0.1, 0.15) is 18.0 Å². The number of hydrogen-bond donors (Lipinski definition) is 1. The van der Waals surface area contributed by atoms with Gasteiger partial charge >= 0.3 is 5.69 Å². The standard InChI is InChI=1S/C23H18ClFN4O3/c24-16-8-9-19(18(25)13-16)27-20(30)14-29-21-17(7-4-11-26-21)22(31)28(23(29)32)12-10-15-5-2-1-3-6-15/h1-9,11,13H,10,12,14H2,(H,27,30). The highest BCUT2D eigenvalue weighted by atomic mass is 35.5. The molecule has 0 aliphatic heterocycles. The summed E-state index contributed by atoms with van der Waals surface area (Å²) in [5, 5.41) is 2.83. The first-order chi connectivity index (χ1) is 15.4. The van der Waals surface area contributed by atoms with Crippen LogP contribution in [-0.2, 0) is 24.3 Å². The second kappa shape index (κ2) is 9.15. The number of nitrogens with zero attached hydrogens (tertiary/aromatic N) is 3. The van der Waals surface area contributed by atoms with Gasteiger partial charge in [0, 0.05) is 17.8 Å². The largest absolute Gasteiger partial charge is 0.333 e. The first-order valence-electron chi connectivity index (χ1n) is 9.81. The van der Waals surface area contributed by atoms with E-state index < -0.39 is 29.5 Å². The maximum absolute atomic E-state index is 14.0. The molecule has 2 aromatic heterocycles. The minimum absolute atomic E-state index is 0.0675. The van der Waals surface area contributed by atoms with Crippen LogP contribution < -0.4 is 16.6 Å². The maximum Gasteiger partial charge on any atom is 0.333 e. The van der Waals surface area contributed by atoms with E-state index in [0.29, 0.717) is 6.42 Å². The molecule has 1 amide bonds. The fraction of sp³-hybridized carbons (Fsp3) is 0.130. The lowest BCUT2D eigenvalue weighted by molar-refractivity contribution is -0.116. The molecular formula is C23H18ClFN4O3. The average Bonchev–Trinajstić information content (AvgIpc) is 2.79. The summed E-state index contributed by atoms with van der Waals surface area (Å²) in [6, 6.07) is 16.4. The summed E-state index contributed by atoms with van der Waals surface area (Å²) in [5.41, 5.74) is -0.154. The van der Waals surface area contributed by atoms with Crippen molar-refractivity contribution in [1.29, 1.82) is 0 Å². The summed E-state index contributed by atoms with van der Waals surface area (Å²) in [7, 11) is 0. The molecule has 4 aromatic rings. The van der Waals surface area contributed by atoms with E-state index in [4.69, 9.17) is 11.6 Å². The molecule has 0 aliphatic carbocycles. The smallest absolute Gasteiger partial charge is 0.322 e. The van der Waals surface area contributed by atoms with Crippen LogP contribution in [0.15, 0.2) is 76.4 Å². The molecule has 0 aliphatic rings. The highest BCUT2D eigenvalue weighted by molar-refractivity contribution is 6.30. The Hall–Kier alpha value is -3.78. The molecule has 0 bridgehead atoms. The van der Waals surface area contributed by atoms with Crippen molar-refractivity contribution in [1.82, 2.24) is 14.1 Å². The van der Waals surface area contributed by atoms with E-state index in [2.05, 4.69) is 10.3 Å². The lowest BCUT2D eigenvalue weighted by atomic mass is 10.1. The fourth-order valence-electron chi connectivity index (χ4n) is 3.40. The van der Waals surface area contributed by atoms with Crippen LogP contribution in [0, 0.1) is 5.82 Å². The van der Waals surface area contributed by atoms with Crippen LogP contribution in [0.3, 0.4) is 0 Å². The molecule has 0 unspecified atom stereocenters. The van der Waals surface area contributed by atoms with Crippen molar-refractivity contribution in [3.8, 4) is 0 Å². The SMILES string of the molecule is O=C(Cn1c(=O)n(CCc2ccccc2)c(=O)c2cccnc21)Nc1ccc(Cl)cc1F. The third-order valence-corrected chi connectivity index (χ3v) is 5.19. The van der Waals surface area contributed by atoms with Gasteiger partial charge in [0.05, 0.1) is 11.1 Å². The number of rotatable bonds is 6. The number of aryl methyl sites for hydroxylation is 1. The predicted molar refractivity (Wildman–Crippen MR) is 120 cm³/mol. The zero-order valence-corrected chi connectivity index (χ0v) is 17.6. The van der Waals surface area contributed by atoms with Crippen LogP contribution in [-0.4, -0.2) is 20.0 Å². The molecular weight excluding hydrogens is 435 g/mol. The van der Waals surface area contributed by atoms with E-state index in [1.165, 1.54) is 18.3 Å². The van der Waals surface area contributed by atoms with Gasteiger partial charge in [-0.1, -0.05) is 41.9 Å². The second-order valence-electron chi connectivity index (χ2n) is 7.11. The number of benzene rings is 2. The van der Waals surface area contributed by atoms with Crippen molar-refractivity contribution >= 4 is 34.2 Å². The quantitative estimate of drug-likeness (QED) is 0.486. The number of halogens is 2. The topological polar surface area (TPSA) is 86.0 Å². The molecule has 0 spiro atoms. The van der Waals surface area contributed by atoms with Crippen LogP contribution in [0.1, 0.15) is 5.56 Å². The Balaban J connectivity index is 1.69. The fourth-order valence-corrected chi connectivity index (χ4v) is 3.56. The first-order valence-corrected chi connectivity index (χ1v) is 10.2. The van der Waals surface area contributed by atoms with Gasteiger partial charge in [0.25, 0.3) is 5.56 Å². The summed E-state index contributed by atoms with van der Waals surface area (Å²) < 4.78 is 16.2. The van der Waals surface area contributed by atoms with Gasteiger partial charge in [0.15, 0.2) is 0 Å². The Morgan fingerprint density at radius 3 is 2.56 bits per heavy atom. The van der Waals surface area contributed by atoms with Crippen molar-refractivity contribution in [3.63, 3.8) is 0 Å². The Morgan fingerprint density at radius 1 is 1.03 bits per heavy atom. The van der Waals surface area contributed by atoms with Crippen molar-refractivity contribution in [2.24, 2.45) is 0 Å². The van der Waals surface area contributed by atoms with Crippen LogP contribution in [0.2, 0.25) is 5.02 Å². The van der Waals surface area contributed by atoms with Gasteiger partial charge < -0.3 is 5.32 Å². The molecule has 4 rings (SSSR count). The predicted octanol–water partition coefficient (Wildman–Crippen LogP) is 3.23. The van der Waals surface area contributed by atoms with Crippen molar-refractivity contribution in [2.75, 3.05) is 5.32 Å². The summed E-state index contributed by atoms with van der Waals surface area (Å²) in [4.78, 5) is 42.8. The van der Waals surface area contributed by atoms with E-state index in [-0.39, 0.29) is 28.3 Å². The number of nitrogens with one attached hydrogen (secondary N) is 1. The van der Waals surface area contributed by atoms with Gasteiger partial charge in [0.2, 0.25) is 5.91 Å². The molecule has 7 nitrogen and oxygen atoms in total. The van der Waals surface area contributed by atoms with E-state index in [1.807, 2.05) is 30.3 Å². The number of fused-ring (bicyclic) bond motifs is 1. The molecule has 0 saturated heterocycles. The lowest BCUT2D eigenvalue weighted by Crippen LogP contribution is -2.42. The summed E-state index contributed by atoms with van der Waals surface area (Å²) in [6.45, 7) is -0.306. The monoisotopic (exact) mass is 452 g/mol. The molecule has 0 saturated carbocycles. The highest BCUT2D eigenvalue weighted by Crippen LogP contribution is 2.19. The van der Waals surface area contributed by atoms with Gasteiger partial charge in [-0.2, -0.15) is 0 Å². The number of amides is 1. The van der Waals surface area contributed by atoms with Gasteiger partial charge in [-0.05, 0) is 42.3 Å². The molecule has 0 fully saturated rings. The molecule has 1 N–H and O–H groups in total. The summed E-state index contributed by atoms with van der Waals surface area (Å²) in [5.74, 6) is -1.34. The number of anilines is 1. The molecule has 2 heterocycles. The average molecular weight is 453 g/mol. The third-order valence-electron chi connectivity index (χ3n) is 4.95. The molecule has 9 heteroatoms. The number of pyridine rings is 1. The van der Waals surface area contributed by atoms with Crippen LogP contribution in [0.5, 0.6) is 0 Å². The van der Waals surface area contributed by atoms with E-state index in [0.717, 1.165) is 20.8 Å². The molecule has 32 heavy (non-hydrogen) atoms. The normalized spacial score (nSPS) is 10.9. The summed E-state index contributed by atoms with van der Waals surface area (Å²) >= 11 is 5.74. The lowest BCUT2D eigenvalue weighted by Gasteiger charge is -2.14. The third kappa shape index (κ3) is 4.45.